The molecule has 2 fully saturated rings. The van der Waals surface area contributed by atoms with Gasteiger partial charge in [0.15, 0.2) is 11.6 Å². The highest BCUT2D eigenvalue weighted by molar-refractivity contribution is 5.91. The van der Waals surface area contributed by atoms with E-state index in [1.54, 1.807) is 18.2 Å². The molecule has 4 nitrogen and oxygen atoms in total. The van der Waals surface area contributed by atoms with Crippen LogP contribution in [0.3, 0.4) is 0 Å². The van der Waals surface area contributed by atoms with Crippen molar-refractivity contribution in [2.45, 2.75) is 63.6 Å². The number of aliphatic hydroxyl groups excluding tert-OH is 1. The average Bonchev–Trinajstić information content (AvgIpc) is 3.77. The van der Waals surface area contributed by atoms with Gasteiger partial charge in [-0.2, -0.15) is 0 Å². The molecule has 1 N–H and O–H groups in total. The number of epoxide rings is 1. The van der Waals surface area contributed by atoms with Gasteiger partial charge in [0, 0.05) is 5.56 Å². The lowest BCUT2D eigenvalue weighted by Gasteiger charge is -2.32. The number of ether oxygens (including phenoxy) is 2. The van der Waals surface area contributed by atoms with Crippen LogP contribution >= 0.6 is 0 Å². The monoisotopic (exact) mass is 524 g/mol. The Morgan fingerprint density at radius 2 is 1.71 bits per heavy atom. The summed E-state index contributed by atoms with van der Waals surface area (Å²) in [5, 5.41) is 10.3. The summed E-state index contributed by atoms with van der Waals surface area (Å²) in [4.78, 5) is 12.6. The minimum absolute atomic E-state index is 0.0424. The molecule has 5 rings (SSSR count). The fraction of sp³-hybridized carbons (Fsp3) is 0.387. The predicted molar refractivity (Wildman–Crippen MR) is 137 cm³/mol. The van der Waals surface area contributed by atoms with Crippen molar-refractivity contribution in [3.8, 4) is 16.9 Å². The van der Waals surface area contributed by atoms with Crippen LogP contribution in [0.2, 0.25) is 0 Å². The molecule has 3 aromatic rings. The van der Waals surface area contributed by atoms with Crippen LogP contribution in [0.15, 0.2) is 54.6 Å². The van der Waals surface area contributed by atoms with Gasteiger partial charge >= 0.3 is 5.97 Å². The topological polar surface area (TPSA) is 59.1 Å². The van der Waals surface area contributed by atoms with Crippen LogP contribution in [0, 0.1) is 23.4 Å². The van der Waals surface area contributed by atoms with E-state index in [4.69, 9.17) is 9.47 Å². The summed E-state index contributed by atoms with van der Waals surface area (Å²) in [6.07, 6.45) is 4.11. The molecule has 0 amide bonds. The van der Waals surface area contributed by atoms with Crippen molar-refractivity contribution in [2.75, 3.05) is 6.61 Å². The molecule has 0 spiro atoms. The number of halogens is 3. The lowest BCUT2D eigenvalue weighted by molar-refractivity contribution is 0.0717. The van der Waals surface area contributed by atoms with Crippen molar-refractivity contribution in [3.05, 3.63) is 88.7 Å². The van der Waals surface area contributed by atoms with Gasteiger partial charge in [-0.1, -0.05) is 43.7 Å². The molecule has 38 heavy (non-hydrogen) atoms. The Kier molecular flexibility index (Phi) is 7.86. The van der Waals surface area contributed by atoms with E-state index in [2.05, 4.69) is 0 Å². The molecule has 1 aliphatic heterocycles. The summed E-state index contributed by atoms with van der Waals surface area (Å²) in [7, 11) is 0. The standard InChI is InChI=1S/C31H31F3O4/c1-2-3-27(35)20-6-4-19(5-7-20)24-14-15-25(30(34)29(24)33)31(36)38-22-11-8-18(9-12-22)23-13-10-21(16-26(23)32)28-17-37-28/h8-16,19-20,27-28,35H,2-7,17H2,1H3. The van der Waals surface area contributed by atoms with Gasteiger partial charge in [-0.25, -0.2) is 18.0 Å². The zero-order valence-corrected chi connectivity index (χ0v) is 21.3. The van der Waals surface area contributed by atoms with Crippen LogP contribution in [-0.4, -0.2) is 23.8 Å². The third-order valence-electron chi connectivity index (χ3n) is 7.75. The summed E-state index contributed by atoms with van der Waals surface area (Å²) >= 11 is 0. The smallest absolute Gasteiger partial charge is 0.346 e. The number of carbonyl (C=O) groups is 1. The van der Waals surface area contributed by atoms with Gasteiger partial charge in [0.2, 0.25) is 0 Å². The second-order valence-corrected chi connectivity index (χ2v) is 10.3. The minimum atomic E-state index is -1.22. The van der Waals surface area contributed by atoms with Crippen molar-refractivity contribution in [1.29, 1.82) is 0 Å². The Bertz CT molecular complexity index is 1300. The van der Waals surface area contributed by atoms with E-state index in [-0.39, 0.29) is 41.2 Å². The molecule has 3 aromatic carbocycles. The quantitative estimate of drug-likeness (QED) is 0.188. The third-order valence-corrected chi connectivity index (χ3v) is 7.75. The zero-order valence-electron chi connectivity index (χ0n) is 21.3. The van der Waals surface area contributed by atoms with Crippen molar-refractivity contribution in [1.82, 2.24) is 0 Å². The Balaban J connectivity index is 1.24. The first kappa shape index (κ1) is 26.4. The summed E-state index contributed by atoms with van der Waals surface area (Å²) in [6.45, 7) is 2.62. The molecule has 0 bridgehead atoms. The van der Waals surface area contributed by atoms with E-state index < -0.39 is 23.2 Å². The predicted octanol–water partition coefficient (Wildman–Crippen LogP) is 7.50. The first-order chi connectivity index (χ1) is 18.4. The SMILES string of the molecule is CCCC(O)C1CCC(c2ccc(C(=O)Oc3ccc(-c4ccc(C5CO5)cc4F)cc3)c(F)c2F)CC1. The van der Waals surface area contributed by atoms with Crippen molar-refractivity contribution < 1.29 is 32.5 Å². The summed E-state index contributed by atoms with van der Waals surface area (Å²) in [5.41, 5.74) is 1.55. The normalized spacial score (nSPS) is 21.7. The molecular formula is C31H31F3O4. The number of rotatable bonds is 8. The van der Waals surface area contributed by atoms with Crippen molar-refractivity contribution >= 4 is 5.97 Å². The lowest BCUT2D eigenvalue weighted by Crippen LogP contribution is -2.25. The number of benzene rings is 3. The fourth-order valence-corrected chi connectivity index (χ4v) is 5.45. The van der Waals surface area contributed by atoms with Crippen LogP contribution in [0.1, 0.15) is 79.0 Å². The van der Waals surface area contributed by atoms with Crippen LogP contribution in [0.5, 0.6) is 5.75 Å². The molecule has 1 saturated carbocycles. The first-order valence-corrected chi connectivity index (χ1v) is 13.2. The van der Waals surface area contributed by atoms with E-state index >= 15 is 4.39 Å². The van der Waals surface area contributed by atoms with E-state index in [0.717, 1.165) is 31.2 Å². The molecule has 2 unspecified atom stereocenters. The van der Waals surface area contributed by atoms with Crippen molar-refractivity contribution in [3.63, 3.8) is 0 Å². The summed E-state index contributed by atoms with van der Waals surface area (Å²) < 4.78 is 55.0. The van der Waals surface area contributed by atoms with E-state index in [1.165, 1.54) is 30.3 Å². The highest BCUT2D eigenvalue weighted by atomic mass is 19.2. The highest BCUT2D eigenvalue weighted by Gasteiger charge is 2.30. The third kappa shape index (κ3) is 5.64. The van der Waals surface area contributed by atoms with Crippen LogP contribution in [-0.2, 0) is 4.74 Å². The second kappa shape index (κ2) is 11.3. The highest BCUT2D eigenvalue weighted by Crippen LogP contribution is 2.39. The Morgan fingerprint density at radius 3 is 2.34 bits per heavy atom. The molecule has 1 heterocycles. The number of hydrogen-bond acceptors (Lipinski definition) is 4. The van der Waals surface area contributed by atoms with Crippen molar-refractivity contribution in [2.24, 2.45) is 5.92 Å². The Morgan fingerprint density at radius 1 is 1.00 bits per heavy atom. The molecule has 1 aliphatic carbocycles. The molecule has 1 saturated heterocycles. The van der Waals surface area contributed by atoms with Crippen LogP contribution in [0.25, 0.3) is 11.1 Å². The zero-order chi connectivity index (χ0) is 26.8. The van der Waals surface area contributed by atoms with Gasteiger partial charge in [-0.3, -0.25) is 0 Å². The maximum absolute atomic E-state index is 15.0. The van der Waals surface area contributed by atoms with Gasteiger partial charge in [0.1, 0.15) is 17.7 Å². The lowest BCUT2D eigenvalue weighted by atomic mass is 9.76. The molecule has 0 radical (unpaired) electrons. The molecule has 2 aliphatic rings. The van der Waals surface area contributed by atoms with Gasteiger partial charge in [-0.15, -0.1) is 0 Å². The maximum atomic E-state index is 15.0. The fourth-order valence-electron chi connectivity index (χ4n) is 5.45. The van der Waals surface area contributed by atoms with E-state index in [1.807, 2.05) is 13.0 Å². The number of hydrogen-bond donors (Lipinski definition) is 1. The number of aliphatic hydroxyl groups is 1. The minimum Gasteiger partial charge on any atom is -0.423 e. The van der Waals surface area contributed by atoms with Gasteiger partial charge < -0.3 is 14.6 Å². The van der Waals surface area contributed by atoms with Gasteiger partial charge in [0.25, 0.3) is 0 Å². The van der Waals surface area contributed by atoms with Crippen LogP contribution in [0.4, 0.5) is 13.2 Å². The van der Waals surface area contributed by atoms with Gasteiger partial charge in [-0.05, 0) is 84.9 Å². The number of carbonyl (C=O) groups excluding carboxylic acids is 1. The largest absolute Gasteiger partial charge is 0.423 e. The summed E-state index contributed by atoms with van der Waals surface area (Å²) in [6, 6.07) is 13.8. The van der Waals surface area contributed by atoms with E-state index in [0.29, 0.717) is 30.6 Å². The van der Waals surface area contributed by atoms with Gasteiger partial charge in [0.05, 0.1) is 18.3 Å². The molecule has 200 valence electrons. The molecule has 2 atom stereocenters. The average molecular weight is 525 g/mol. The van der Waals surface area contributed by atoms with E-state index in [9.17, 15) is 18.7 Å². The maximum Gasteiger partial charge on any atom is 0.346 e. The molecule has 7 heteroatoms. The van der Waals surface area contributed by atoms with Crippen LogP contribution < -0.4 is 4.74 Å². The Labute approximate surface area is 220 Å². The molecular weight excluding hydrogens is 493 g/mol. The summed E-state index contributed by atoms with van der Waals surface area (Å²) in [5.74, 6) is -3.47. The second-order valence-electron chi connectivity index (χ2n) is 10.3. The molecule has 0 aromatic heterocycles. The number of esters is 1. The Hall–Kier alpha value is -3.16. The first-order valence-electron chi connectivity index (χ1n) is 13.2.